The number of hydrogen-bond donors (Lipinski definition) is 3. The van der Waals surface area contributed by atoms with Gasteiger partial charge in [0.15, 0.2) is 0 Å². The average molecular weight is 555 g/mol. The van der Waals surface area contributed by atoms with Gasteiger partial charge in [0.1, 0.15) is 5.92 Å². The van der Waals surface area contributed by atoms with E-state index >= 15 is 0 Å². The van der Waals surface area contributed by atoms with Crippen molar-refractivity contribution >= 4 is 40.5 Å². The van der Waals surface area contributed by atoms with E-state index in [0.717, 1.165) is 11.1 Å². The third-order valence-electron chi connectivity index (χ3n) is 6.96. The Labute approximate surface area is 244 Å². The Morgan fingerprint density at radius 2 is 1.21 bits per heavy atom. The summed E-state index contributed by atoms with van der Waals surface area (Å²) in [7, 11) is 0. The highest BCUT2D eigenvalue weighted by atomic mass is 16.2. The van der Waals surface area contributed by atoms with E-state index in [0.29, 0.717) is 33.9 Å². The van der Waals surface area contributed by atoms with E-state index in [9.17, 15) is 14.4 Å². The Balaban J connectivity index is 1.33. The Hall–Kier alpha value is -5.69. The van der Waals surface area contributed by atoms with Gasteiger partial charge in [0.05, 0.1) is 11.4 Å². The number of hydrogen-bond acceptors (Lipinski definition) is 4. The summed E-state index contributed by atoms with van der Waals surface area (Å²) in [6.07, 6.45) is 0.0816. The summed E-state index contributed by atoms with van der Waals surface area (Å²) in [4.78, 5) is 40.9. The van der Waals surface area contributed by atoms with Gasteiger partial charge in [-0.3, -0.25) is 19.3 Å². The number of benzene rings is 5. The minimum absolute atomic E-state index is 0.0816. The molecule has 208 valence electrons. The number of amides is 3. The summed E-state index contributed by atoms with van der Waals surface area (Å²) in [6, 6.07) is 40.3. The third kappa shape index (κ3) is 6.37. The Bertz CT molecular complexity index is 1650. The van der Waals surface area contributed by atoms with Crippen LogP contribution >= 0.6 is 0 Å². The van der Waals surface area contributed by atoms with Gasteiger partial charge in [-0.25, -0.2) is 0 Å². The zero-order chi connectivity index (χ0) is 29.5. The largest absolute Gasteiger partial charge is 0.397 e. The first-order valence-electron chi connectivity index (χ1n) is 13.5. The number of nitrogens with zero attached hydrogens (tertiary/aromatic N) is 1. The standard InChI is InChI=1S/C35H30N4O3/c36-31-21-20-27(25-10-4-1-5-11-25)23-32(31)38-34(41)26-18-16-24(17-19-26)22-30(33(37)40)35(42)39(28-12-6-2-7-13-28)29-14-8-3-9-15-29/h1-21,23,30H,22,36H2,(H2,37,40)(H,38,41). The number of anilines is 4. The Morgan fingerprint density at radius 1 is 0.667 bits per heavy atom. The van der Waals surface area contributed by atoms with Crippen LogP contribution in [0.15, 0.2) is 133 Å². The van der Waals surface area contributed by atoms with E-state index in [1.165, 1.54) is 4.90 Å². The van der Waals surface area contributed by atoms with Gasteiger partial charge >= 0.3 is 0 Å². The summed E-state index contributed by atoms with van der Waals surface area (Å²) in [5.41, 5.74) is 17.1. The molecule has 5 aromatic carbocycles. The quantitative estimate of drug-likeness (QED) is 0.149. The van der Waals surface area contributed by atoms with Crippen molar-refractivity contribution in [2.24, 2.45) is 11.7 Å². The molecular formula is C35H30N4O3. The fourth-order valence-corrected chi connectivity index (χ4v) is 4.72. The first-order chi connectivity index (χ1) is 20.4. The van der Waals surface area contributed by atoms with Crippen molar-refractivity contribution < 1.29 is 14.4 Å². The van der Waals surface area contributed by atoms with Gasteiger partial charge in [-0.15, -0.1) is 0 Å². The molecule has 0 radical (unpaired) electrons. The lowest BCUT2D eigenvalue weighted by Gasteiger charge is -2.26. The van der Waals surface area contributed by atoms with E-state index in [1.807, 2.05) is 78.9 Å². The first kappa shape index (κ1) is 27.9. The molecule has 0 saturated heterocycles. The van der Waals surface area contributed by atoms with Crippen LogP contribution in [-0.4, -0.2) is 17.7 Å². The summed E-state index contributed by atoms with van der Waals surface area (Å²) in [6.45, 7) is 0. The molecule has 5 rings (SSSR count). The predicted octanol–water partition coefficient (Wildman–Crippen LogP) is 6.20. The lowest BCUT2D eigenvalue weighted by Crippen LogP contribution is -2.41. The molecule has 1 atom stereocenters. The van der Waals surface area contributed by atoms with Crippen LogP contribution in [0.1, 0.15) is 15.9 Å². The molecule has 5 aromatic rings. The minimum Gasteiger partial charge on any atom is -0.397 e. The van der Waals surface area contributed by atoms with Crippen molar-refractivity contribution in [3.05, 3.63) is 145 Å². The molecular weight excluding hydrogens is 524 g/mol. The Morgan fingerprint density at radius 3 is 1.76 bits per heavy atom. The second kappa shape index (κ2) is 12.7. The van der Waals surface area contributed by atoms with Gasteiger partial charge in [0, 0.05) is 16.9 Å². The highest BCUT2D eigenvalue weighted by Crippen LogP contribution is 2.29. The third-order valence-corrected chi connectivity index (χ3v) is 6.96. The van der Waals surface area contributed by atoms with E-state index in [1.54, 1.807) is 54.6 Å². The monoisotopic (exact) mass is 554 g/mol. The zero-order valence-corrected chi connectivity index (χ0v) is 22.8. The van der Waals surface area contributed by atoms with Crippen LogP contribution in [0.4, 0.5) is 22.7 Å². The van der Waals surface area contributed by atoms with Gasteiger partial charge < -0.3 is 16.8 Å². The molecule has 7 heteroatoms. The van der Waals surface area contributed by atoms with Crippen molar-refractivity contribution in [1.82, 2.24) is 0 Å². The number of primary amides is 1. The molecule has 0 aliphatic carbocycles. The lowest BCUT2D eigenvalue weighted by molar-refractivity contribution is -0.131. The molecule has 0 fully saturated rings. The van der Waals surface area contributed by atoms with Gasteiger partial charge in [-0.2, -0.15) is 0 Å². The van der Waals surface area contributed by atoms with Crippen LogP contribution in [0.3, 0.4) is 0 Å². The number of nitrogen functional groups attached to an aromatic ring is 1. The molecule has 1 unspecified atom stereocenters. The van der Waals surface area contributed by atoms with Crippen molar-refractivity contribution in [1.29, 1.82) is 0 Å². The predicted molar refractivity (Wildman–Crippen MR) is 167 cm³/mol. The first-order valence-corrected chi connectivity index (χ1v) is 13.5. The van der Waals surface area contributed by atoms with Crippen LogP contribution < -0.4 is 21.7 Å². The highest BCUT2D eigenvalue weighted by Gasteiger charge is 2.31. The van der Waals surface area contributed by atoms with E-state index in [2.05, 4.69) is 5.32 Å². The van der Waals surface area contributed by atoms with E-state index in [4.69, 9.17) is 11.5 Å². The smallest absolute Gasteiger partial charge is 0.255 e. The fourth-order valence-electron chi connectivity index (χ4n) is 4.72. The number of rotatable bonds is 9. The maximum Gasteiger partial charge on any atom is 0.255 e. The van der Waals surface area contributed by atoms with Gasteiger partial charge in [0.2, 0.25) is 11.8 Å². The molecule has 0 saturated carbocycles. The molecule has 3 amide bonds. The van der Waals surface area contributed by atoms with Crippen LogP contribution in [0.5, 0.6) is 0 Å². The molecule has 0 aliphatic heterocycles. The molecule has 0 heterocycles. The van der Waals surface area contributed by atoms with Crippen molar-refractivity contribution in [3.8, 4) is 11.1 Å². The molecule has 5 N–H and O–H groups in total. The molecule has 0 bridgehead atoms. The summed E-state index contributed by atoms with van der Waals surface area (Å²) in [5.74, 6) is -2.62. The van der Waals surface area contributed by atoms with Crippen molar-refractivity contribution in [2.45, 2.75) is 6.42 Å². The number of carbonyl (C=O) groups is 3. The summed E-state index contributed by atoms with van der Waals surface area (Å²) in [5, 5.41) is 2.89. The number of para-hydroxylation sites is 2. The second-order valence-electron chi connectivity index (χ2n) is 9.82. The highest BCUT2D eigenvalue weighted by molar-refractivity contribution is 6.11. The van der Waals surface area contributed by atoms with Crippen molar-refractivity contribution in [2.75, 3.05) is 16.0 Å². The number of nitrogens with two attached hydrogens (primary N) is 2. The average Bonchev–Trinajstić information content (AvgIpc) is 3.02. The minimum atomic E-state index is -1.12. The molecule has 0 aliphatic rings. The SMILES string of the molecule is NC(=O)C(Cc1ccc(C(=O)Nc2cc(-c3ccccc3)ccc2N)cc1)C(=O)N(c1ccccc1)c1ccccc1. The number of nitrogens with one attached hydrogen (secondary N) is 1. The fraction of sp³-hybridized carbons (Fsp3) is 0.0571. The van der Waals surface area contributed by atoms with Crippen LogP contribution in [0.2, 0.25) is 0 Å². The summed E-state index contributed by atoms with van der Waals surface area (Å²) >= 11 is 0. The topological polar surface area (TPSA) is 119 Å². The van der Waals surface area contributed by atoms with Crippen molar-refractivity contribution in [3.63, 3.8) is 0 Å². The van der Waals surface area contributed by atoms with Gasteiger partial charge in [0.25, 0.3) is 5.91 Å². The van der Waals surface area contributed by atoms with Crippen LogP contribution in [0.25, 0.3) is 11.1 Å². The lowest BCUT2D eigenvalue weighted by atomic mass is 9.95. The maximum atomic E-state index is 13.8. The van der Waals surface area contributed by atoms with E-state index < -0.39 is 17.7 Å². The van der Waals surface area contributed by atoms with Crippen LogP contribution in [-0.2, 0) is 16.0 Å². The maximum absolute atomic E-state index is 13.8. The molecule has 7 nitrogen and oxygen atoms in total. The Kier molecular flexibility index (Phi) is 8.40. The van der Waals surface area contributed by atoms with Gasteiger partial charge in [-0.1, -0.05) is 84.9 Å². The molecule has 0 aromatic heterocycles. The van der Waals surface area contributed by atoms with Gasteiger partial charge in [-0.05, 0) is 71.6 Å². The molecule has 42 heavy (non-hydrogen) atoms. The zero-order valence-electron chi connectivity index (χ0n) is 22.8. The number of carbonyl (C=O) groups excluding carboxylic acids is 3. The van der Waals surface area contributed by atoms with Crippen LogP contribution in [0, 0.1) is 5.92 Å². The van der Waals surface area contributed by atoms with E-state index in [-0.39, 0.29) is 12.3 Å². The normalized spacial score (nSPS) is 11.3. The summed E-state index contributed by atoms with van der Waals surface area (Å²) < 4.78 is 0. The molecule has 0 spiro atoms. The second-order valence-corrected chi connectivity index (χ2v) is 9.82.